The highest BCUT2D eigenvalue weighted by Gasteiger charge is 2.20. The van der Waals surface area contributed by atoms with Crippen molar-refractivity contribution in [3.63, 3.8) is 0 Å². The number of aromatic hydroxyl groups is 1. The lowest BCUT2D eigenvalue weighted by molar-refractivity contribution is 0.190. The molecule has 0 aliphatic heterocycles. The van der Waals surface area contributed by atoms with Crippen molar-refractivity contribution < 1.29 is 5.11 Å². The smallest absolute Gasteiger partial charge is 0.120 e. The van der Waals surface area contributed by atoms with Crippen LogP contribution in [-0.2, 0) is 0 Å². The SMILES string of the molecule is CC(c1cc(Br)ccc1O)N(C)CC1CCCCC1. The van der Waals surface area contributed by atoms with Crippen LogP contribution in [0.4, 0.5) is 0 Å². The second-order valence-corrected chi connectivity index (χ2v) is 6.74. The maximum Gasteiger partial charge on any atom is 0.120 e. The van der Waals surface area contributed by atoms with Gasteiger partial charge in [-0.2, -0.15) is 0 Å². The van der Waals surface area contributed by atoms with Crippen LogP contribution in [-0.4, -0.2) is 23.6 Å². The van der Waals surface area contributed by atoms with Gasteiger partial charge >= 0.3 is 0 Å². The van der Waals surface area contributed by atoms with Gasteiger partial charge in [0.1, 0.15) is 5.75 Å². The largest absolute Gasteiger partial charge is 0.508 e. The van der Waals surface area contributed by atoms with Crippen LogP contribution in [0.2, 0.25) is 0 Å². The summed E-state index contributed by atoms with van der Waals surface area (Å²) < 4.78 is 1.03. The van der Waals surface area contributed by atoms with E-state index in [2.05, 4.69) is 34.8 Å². The second-order valence-electron chi connectivity index (χ2n) is 5.82. The topological polar surface area (TPSA) is 23.5 Å². The van der Waals surface area contributed by atoms with E-state index in [4.69, 9.17) is 0 Å². The van der Waals surface area contributed by atoms with Crippen LogP contribution >= 0.6 is 15.9 Å². The summed E-state index contributed by atoms with van der Waals surface area (Å²) >= 11 is 3.48. The summed E-state index contributed by atoms with van der Waals surface area (Å²) in [6, 6.07) is 5.92. The van der Waals surface area contributed by atoms with Gasteiger partial charge in [0.2, 0.25) is 0 Å². The first-order valence-electron chi connectivity index (χ1n) is 7.26. The number of nitrogens with zero attached hydrogens (tertiary/aromatic N) is 1. The fourth-order valence-electron chi connectivity index (χ4n) is 3.03. The van der Waals surface area contributed by atoms with Crippen molar-refractivity contribution in [1.29, 1.82) is 0 Å². The molecule has 0 aromatic heterocycles. The van der Waals surface area contributed by atoms with Gasteiger partial charge < -0.3 is 5.11 Å². The fraction of sp³-hybridized carbons (Fsp3) is 0.625. The molecule has 1 aromatic rings. The van der Waals surface area contributed by atoms with Gasteiger partial charge in [-0.3, -0.25) is 4.90 Å². The number of phenols is 1. The predicted octanol–water partition coefficient (Wildman–Crippen LogP) is 4.73. The molecule has 0 heterocycles. The van der Waals surface area contributed by atoms with Crippen molar-refractivity contribution in [2.24, 2.45) is 5.92 Å². The van der Waals surface area contributed by atoms with Crippen LogP contribution in [0.5, 0.6) is 5.75 Å². The lowest BCUT2D eigenvalue weighted by Gasteiger charge is -2.31. The summed E-state index contributed by atoms with van der Waals surface area (Å²) in [5.41, 5.74) is 1.01. The second kappa shape index (κ2) is 6.76. The van der Waals surface area contributed by atoms with Gasteiger partial charge in [0.15, 0.2) is 0 Å². The minimum atomic E-state index is 0.249. The van der Waals surface area contributed by atoms with Gasteiger partial charge in [-0.15, -0.1) is 0 Å². The van der Waals surface area contributed by atoms with Crippen molar-refractivity contribution >= 4 is 15.9 Å². The first-order valence-corrected chi connectivity index (χ1v) is 8.06. The van der Waals surface area contributed by atoms with Gasteiger partial charge in [-0.1, -0.05) is 35.2 Å². The van der Waals surface area contributed by atoms with Crippen molar-refractivity contribution in [2.45, 2.75) is 45.1 Å². The molecule has 1 unspecified atom stereocenters. The number of hydrogen-bond donors (Lipinski definition) is 1. The first-order chi connectivity index (χ1) is 9.08. The Kier molecular flexibility index (Phi) is 5.28. The monoisotopic (exact) mass is 325 g/mol. The highest BCUT2D eigenvalue weighted by atomic mass is 79.9. The first kappa shape index (κ1) is 14.9. The Hall–Kier alpha value is -0.540. The molecule has 2 rings (SSSR count). The summed E-state index contributed by atoms with van der Waals surface area (Å²) in [5, 5.41) is 10.0. The molecule has 1 aliphatic carbocycles. The van der Waals surface area contributed by atoms with Crippen LogP contribution < -0.4 is 0 Å². The molecule has 1 aliphatic rings. The summed E-state index contributed by atoms with van der Waals surface area (Å²) in [6.45, 7) is 3.30. The summed E-state index contributed by atoms with van der Waals surface area (Å²) in [5.74, 6) is 1.22. The fourth-order valence-corrected chi connectivity index (χ4v) is 3.41. The Morgan fingerprint density at radius 1 is 1.32 bits per heavy atom. The Labute approximate surface area is 124 Å². The molecule has 0 spiro atoms. The van der Waals surface area contributed by atoms with Crippen molar-refractivity contribution in [1.82, 2.24) is 4.90 Å². The molecule has 0 saturated heterocycles. The lowest BCUT2D eigenvalue weighted by Crippen LogP contribution is -2.29. The molecule has 2 nitrogen and oxygen atoms in total. The van der Waals surface area contributed by atoms with E-state index in [1.165, 1.54) is 32.1 Å². The van der Waals surface area contributed by atoms with Crippen molar-refractivity contribution in [2.75, 3.05) is 13.6 Å². The van der Waals surface area contributed by atoms with Crippen LogP contribution in [0.1, 0.15) is 50.6 Å². The molecule has 0 amide bonds. The van der Waals surface area contributed by atoms with Crippen LogP contribution in [0, 0.1) is 5.92 Å². The zero-order chi connectivity index (χ0) is 13.8. The van der Waals surface area contributed by atoms with Gasteiger partial charge in [-0.25, -0.2) is 0 Å². The molecule has 19 heavy (non-hydrogen) atoms. The number of hydrogen-bond acceptors (Lipinski definition) is 2. The minimum absolute atomic E-state index is 0.249. The van der Waals surface area contributed by atoms with Crippen LogP contribution in [0.25, 0.3) is 0 Å². The van der Waals surface area contributed by atoms with Gasteiger partial charge in [0.05, 0.1) is 0 Å². The van der Waals surface area contributed by atoms with E-state index in [9.17, 15) is 5.11 Å². The highest BCUT2D eigenvalue weighted by Crippen LogP contribution is 2.32. The zero-order valence-corrected chi connectivity index (χ0v) is 13.5. The van der Waals surface area contributed by atoms with Crippen molar-refractivity contribution in [3.8, 4) is 5.75 Å². The highest BCUT2D eigenvalue weighted by molar-refractivity contribution is 9.10. The van der Waals surface area contributed by atoms with E-state index >= 15 is 0 Å². The normalized spacial score (nSPS) is 18.7. The van der Waals surface area contributed by atoms with Gasteiger partial charge in [0.25, 0.3) is 0 Å². The molecule has 1 saturated carbocycles. The third-order valence-corrected chi connectivity index (χ3v) is 4.87. The van der Waals surface area contributed by atoms with E-state index in [0.29, 0.717) is 5.75 Å². The number of halogens is 1. The van der Waals surface area contributed by atoms with E-state index < -0.39 is 0 Å². The number of rotatable bonds is 4. The standard InChI is InChI=1S/C16H24BrNO/c1-12(15-10-14(17)8-9-16(15)19)18(2)11-13-6-4-3-5-7-13/h8-10,12-13,19H,3-7,11H2,1-2H3. The van der Waals surface area contributed by atoms with Gasteiger partial charge in [0, 0.05) is 22.6 Å². The average Bonchev–Trinajstić information content (AvgIpc) is 2.42. The molecular formula is C16H24BrNO. The maximum atomic E-state index is 10.0. The predicted molar refractivity (Wildman–Crippen MR) is 83.4 cm³/mol. The summed E-state index contributed by atoms with van der Waals surface area (Å²) in [4.78, 5) is 2.37. The third-order valence-electron chi connectivity index (χ3n) is 4.37. The minimum Gasteiger partial charge on any atom is -0.508 e. The van der Waals surface area contributed by atoms with Crippen molar-refractivity contribution in [3.05, 3.63) is 28.2 Å². The summed E-state index contributed by atoms with van der Waals surface area (Å²) in [7, 11) is 2.17. The Morgan fingerprint density at radius 2 is 2.00 bits per heavy atom. The molecule has 1 N–H and O–H groups in total. The summed E-state index contributed by atoms with van der Waals surface area (Å²) in [6.07, 6.45) is 6.90. The molecule has 3 heteroatoms. The van der Waals surface area contributed by atoms with Crippen LogP contribution in [0.3, 0.4) is 0 Å². The Bertz CT molecular complexity index is 415. The zero-order valence-electron chi connectivity index (χ0n) is 11.9. The molecule has 1 aromatic carbocycles. The molecule has 0 bridgehead atoms. The molecule has 1 fully saturated rings. The Balaban J connectivity index is 2.01. The van der Waals surface area contributed by atoms with Gasteiger partial charge in [-0.05, 0) is 50.9 Å². The molecule has 106 valence electrons. The van der Waals surface area contributed by atoms with E-state index in [-0.39, 0.29) is 6.04 Å². The third kappa shape index (κ3) is 3.96. The molecular weight excluding hydrogens is 302 g/mol. The molecule has 0 radical (unpaired) electrons. The maximum absolute atomic E-state index is 10.0. The van der Waals surface area contributed by atoms with E-state index in [1.54, 1.807) is 6.07 Å². The van der Waals surface area contributed by atoms with E-state index in [1.807, 2.05) is 12.1 Å². The Morgan fingerprint density at radius 3 is 2.68 bits per heavy atom. The van der Waals surface area contributed by atoms with Crippen LogP contribution in [0.15, 0.2) is 22.7 Å². The number of phenolic OH excluding ortho intramolecular Hbond substituents is 1. The van der Waals surface area contributed by atoms with E-state index in [0.717, 1.165) is 22.5 Å². The average molecular weight is 326 g/mol. The quantitative estimate of drug-likeness (QED) is 0.865. The lowest BCUT2D eigenvalue weighted by atomic mass is 9.88. The molecule has 1 atom stereocenters. The number of benzene rings is 1.